The van der Waals surface area contributed by atoms with E-state index in [2.05, 4.69) is 133 Å². The predicted octanol–water partition coefficient (Wildman–Crippen LogP) is 8.11. The Labute approximate surface area is 203 Å². The van der Waals surface area contributed by atoms with E-state index in [1.807, 2.05) is 0 Å². The van der Waals surface area contributed by atoms with Gasteiger partial charge in [0, 0.05) is 36.7 Å². The molecule has 0 spiro atoms. The van der Waals surface area contributed by atoms with Crippen molar-refractivity contribution in [2.45, 2.75) is 20.3 Å². The van der Waals surface area contributed by atoms with Gasteiger partial charge in [-0.25, -0.2) is 0 Å². The van der Waals surface area contributed by atoms with Crippen molar-refractivity contribution in [2.75, 3.05) is 29.4 Å². The molecule has 0 heterocycles. The van der Waals surface area contributed by atoms with Gasteiger partial charge in [0.2, 0.25) is 0 Å². The van der Waals surface area contributed by atoms with Gasteiger partial charge in [0.15, 0.2) is 0 Å². The van der Waals surface area contributed by atoms with E-state index in [1.54, 1.807) is 0 Å². The number of hydrogen-bond donors (Lipinski definition) is 0. The summed E-state index contributed by atoms with van der Waals surface area (Å²) >= 11 is 0. The fourth-order valence-electron chi connectivity index (χ4n) is 5.00. The largest absolute Gasteiger partial charge is 0.372 e. The Morgan fingerprint density at radius 3 is 2.24 bits per heavy atom. The molecule has 2 nitrogen and oxygen atoms in total. The van der Waals surface area contributed by atoms with Crippen LogP contribution in [0.1, 0.15) is 30.5 Å². The van der Waals surface area contributed by atoms with Gasteiger partial charge in [-0.1, -0.05) is 72.8 Å². The monoisotopic (exact) mass is 444 g/mol. The molecule has 4 aromatic carbocycles. The average Bonchev–Trinajstić information content (AvgIpc) is 2.90. The van der Waals surface area contributed by atoms with Crippen LogP contribution in [-0.2, 0) is 6.42 Å². The van der Waals surface area contributed by atoms with Gasteiger partial charge in [0.05, 0.1) is 0 Å². The second kappa shape index (κ2) is 10.0. The zero-order valence-corrected chi connectivity index (χ0v) is 20.1. The molecule has 0 saturated heterocycles. The fourth-order valence-corrected chi connectivity index (χ4v) is 5.00. The van der Waals surface area contributed by atoms with Crippen LogP contribution in [-0.4, -0.2) is 19.6 Å². The fraction of sp³-hybridized carbons (Fsp3) is 0.188. The Hall–Kier alpha value is -3.78. The molecule has 5 rings (SSSR count). The average molecular weight is 445 g/mol. The maximum atomic E-state index is 2.38. The lowest BCUT2D eigenvalue weighted by Gasteiger charge is -2.26. The van der Waals surface area contributed by atoms with Gasteiger partial charge >= 0.3 is 0 Å². The van der Waals surface area contributed by atoms with Crippen LogP contribution in [0.3, 0.4) is 0 Å². The smallest absolute Gasteiger partial charge is 0.0415 e. The van der Waals surface area contributed by atoms with E-state index in [-0.39, 0.29) is 0 Å². The lowest BCUT2D eigenvalue weighted by molar-refractivity contribution is 0.866. The SMILES string of the molecule is CCN(CC)c1ccc(N(C/C=C\c2ccc3cccc4c3c2CC=C4)c2ccccc2)cc1. The Balaban J connectivity index is 1.44. The van der Waals surface area contributed by atoms with Crippen molar-refractivity contribution < 1.29 is 0 Å². The third kappa shape index (κ3) is 4.36. The summed E-state index contributed by atoms with van der Waals surface area (Å²) in [5.41, 5.74) is 7.75. The quantitative estimate of drug-likeness (QED) is 0.271. The zero-order chi connectivity index (χ0) is 23.3. The Kier molecular flexibility index (Phi) is 6.49. The molecule has 1 aliphatic rings. The van der Waals surface area contributed by atoms with Crippen LogP contribution in [0.4, 0.5) is 17.1 Å². The van der Waals surface area contributed by atoms with Crippen molar-refractivity contribution in [2.24, 2.45) is 0 Å². The highest BCUT2D eigenvalue weighted by atomic mass is 15.1. The van der Waals surface area contributed by atoms with Crippen LogP contribution in [0.15, 0.2) is 97.1 Å². The predicted molar refractivity (Wildman–Crippen MR) is 149 cm³/mol. The standard InChI is InChI=1S/C32H32N2/c1-3-33(4-2)28-20-22-30(23-21-28)34(29-15-6-5-7-16-29)24-10-14-25-18-19-27-12-8-11-26-13-9-17-31(25)32(26)27/h5-16,18-23H,3-4,17,24H2,1-2H3/b14-10-. The summed E-state index contributed by atoms with van der Waals surface area (Å²) in [4.78, 5) is 4.75. The molecule has 34 heavy (non-hydrogen) atoms. The zero-order valence-electron chi connectivity index (χ0n) is 20.1. The Morgan fingerprint density at radius 1 is 0.735 bits per heavy atom. The molecule has 0 fully saturated rings. The van der Waals surface area contributed by atoms with Crippen LogP contribution in [0, 0.1) is 0 Å². The van der Waals surface area contributed by atoms with Crippen molar-refractivity contribution in [3.63, 3.8) is 0 Å². The number of nitrogens with zero attached hydrogens (tertiary/aromatic N) is 2. The number of para-hydroxylation sites is 1. The molecule has 0 amide bonds. The van der Waals surface area contributed by atoms with E-state index in [0.29, 0.717) is 0 Å². The molecule has 0 N–H and O–H groups in total. The number of anilines is 3. The molecule has 0 unspecified atom stereocenters. The van der Waals surface area contributed by atoms with Crippen molar-refractivity contribution >= 4 is 40.0 Å². The first-order valence-electron chi connectivity index (χ1n) is 12.3. The van der Waals surface area contributed by atoms with E-state index in [0.717, 1.165) is 26.1 Å². The maximum Gasteiger partial charge on any atom is 0.0415 e. The molecule has 0 aromatic heterocycles. The summed E-state index contributed by atoms with van der Waals surface area (Å²) in [7, 11) is 0. The minimum absolute atomic E-state index is 0.809. The van der Waals surface area contributed by atoms with Crippen LogP contribution in [0.5, 0.6) is 0 Å². The number of allylic oxidation sites excluding steroid dienone is 1. The van der Waals surface area contributed by atoms with Crippen LogP contribution < -0.4 is 9.80 Å². The summed E-state index contributed by atoms with van der Waals surface area (Å²) < 4.78 is 0. The molecule has 0 atom stereocenters. The van der Waals surface area contributed by atoms with Gasteiger partial charge in [-0.3, -0.25) is 0 Å². The van der Waals surface area contributed by atoms with Crippen molar-refractivity contribution in [3.05, 3.63) is 114 Å². The number of benzene rings is 4. The van der Waals surface area contributed by atoms with Gasteiger partial charge in [0.25, 0.3) is 0 Å². The van der Waals surface area contributed by atoms with E-state index in [9.17, 15) is 0 Å². The lowest BCUT2D eigenvalue weighted by atomic mass is 9.89. The summed E-state index contributed by atoms with van der Waals surface area (Å²) in [6, 6.07) is 30.7. The summed E-state index contributed by atoms with van der Waals surface area (Å²) in [6.45, 7) is 7.26. The van der Waals surface area contributed by atoms with E-state index < -0.39 is 0 Å². The van der Waals surface area contributed by atoms with Crippen molar-refractivity contribution in [3.8, 4) is 0 Å². The Bertz CT molecular complexity index is 1310. The normalized spacial score (nSPS) is 12.4. The lowest BCUT2D eigenvalue weighted by Crippen LogP contribution is -2.22. The summed E-state index contributed by atoms with van der Waals surface area (Å²) in [6.07, 6.45) is 10.1. The molecule has 0 saturated carbocycles. The summed E-state index contributed by atoms with van der Waals surface area (Å²) in [5, 5.41) is 2.73. The van der Waals surface area contributed by atoms with Crippen molar-refractivity contribution in [1.82, 2.24) is 0 Å². The highest BCUT2D eigenvalue weighted by molar-refractivity contribution is 5.97. The molecule has 4 aromatic rings. The molecular formula is C32H32N2. The first-order valence-corrected chi connectivity index (χ1v) is 12.3. The molecule has 1 aliphatic carbocycles. The molecular weight excluding hydrogens is 412 g/mol. The van der Waals surface area contributed by atoms with Crippen LogP contribution in [0.2, 0.25) is 0 Å². The van der Waals surface area contributed by atoms with Crippen LogP contribution in [0.25, 0.3) is 22.9 Å². The third-order valence-corrected chi connectivity index (χ3v) is 6.78. The topological polar surface area (TPSA) is 6.48 Å². The molecule has 0 aliphatic heterocycles. The van der Waals surface area contributed by atoms with Gasteiger partial charge in [0.1, 0.15) is 0 Å². The summed E-state index contributed by atoms with van der Waals surface area (Å²) in [5.74, 6) is 0. The maximum absolute atomic E-state index is 2.38. The van der Waals surface area contributed by atoms with Gasteiger partial charge in [-0.15, -0.1) is 0 Å². The number of hydrogen-bond acceptors (Lipinski definition) is 2. The first-order chi connectivity index (χ1) is 16.8. The first kappa shape index (κ1) is 22.0. The third-order valence-electron chi connectivity index (χ3n) is 6.78. The molecule has 2 heteroatoms. The molecule has 0 radical (unpaired) electrons. The van der Waals surface area contributed by atoms with Gasteiger partial charge in [-0.05, 0) is 84.1 Å². The second-order valence-corrected chi connectivity index (χ2v) is 8.72. The minimum Gasteiger partial charge on any atom is -0.372 e. The van der Waals surface area contributed by atoms with Gasteiger partial charge < -0.3 is 9.80 Å². The minimum atomic E-state index is 0.809. The van der Waals surface area contributed by atoms with Crippen molar-refractivity contribution in [1.29, 1.82) is 0 Å². The van der Waals surface area contributed by atoms with E-state index in [1.165, 1.54) is 44.5 Å². The highest BCUT2D eigenvalue weighted by Gasteiger charge is 2.12. The second-order valence-electron chi connectivity index (χ2n) is 8.72. The highest BCUT2D eigenvalue weighted by Crippen LogP contribution is 2.32. The molecule has 170 valence electrons. The van der Waals surface area contributed by atoms with E-state index >= 15 is 0 Å². The number of rotatable bonds is 8. The molecule has 0 bridgehead atoms. The van der Waals surface area contributed by atoms with E-state index in [4.69, 9.17) is 0 Å². The van der Waals surface area contributed by atoms with Gasteiger partial charge in [-0.2, -0.15) is 0 Å². The Morgan fingerprint density at radius 2 is 1.47 bits per heavy atom. The van der Waals surface area contributed by atoms with Crippen LogP contribution >= 0.6 is 0 Å².